The molecule has 3 aliphatic carbocycles. The van der Waals surface area contributed by atoms with Crippen molar-refractivity contribution < 1.29 is 0 Å². The van der Waals surface area contributed by atoms with Crippen molar-refractivity contribution in [1.82, 2.24) is 0 Å². The fourth-order valence-corrected chi connectivity index (χ4v) is 4.27. The topological polar surface area (TPSA) is 12.4 Å². The Kier molecular flexibility index (Phi) is 3.32. The minimum atomic E-state index is 0.455. The van der Waals surface area contributed by atoms with Gasteiger partial charge >= 0.3 is 0 Å². The molecule has 2 bridgehead atoms. The number of rotatable bonds is 3. The maximum absolute atomic E-state index is 4.65. The van der Waals surface area contributed by atoms with Gasteiger partial charge in [-0.1, -0.05) is 25.5 Å². The molecule has 2 heteroatoms. The van der Waals surface area contributed by atoms with Crippen molar-refractivity contribution in [1.29, 1.82) is 0 Å². The van der Waals surface area contributed by atoms with Crippen molar-refractivity contribution in [3.05, 3.63) is 29.8 Å². The number of hydrogen-bond acceptors (Lipinski definition) is 2. The zero-order valence-corrected chi connectivity index (χ0v) is 12.4. The molecule has 4 rings (SSSR count). The molecule has 0 aliphatic heterocycles. The Morgan fingerprint density at radius 1 is 1.05 bits per heavy atom. The Labute approximate surface area is 121 Å². The second-order valence-corrected chi connectivity index (χ2v) is 6.57. The smallest absolute Gasteiger partial charge is 0.0739 e. The van der Waals surface area contributed by atoms with Crippen LogP contribution in [0.25, 0.3) is 0 Å². The summed E-state index contributed by atoms with van der Waals surface area (Å²) in [5, 5.41) is 2.44. The molecule has 3 aliphatic rings. The lowest BCUT2D eigenvalue weighted by atomic mass is 9.51. The molecule has 0 heterocycles. The first-order chi connectivity index (χ1) is 9.22. The lowest BCUT2D eigenvalue weighted by molar-refractivity contribution is 0.0367. The van der Waals surface area contributed by atoms with E-state index in [2.05, 4.69) is 53.6 Å². The van der Waals surface area contributed by atoms with Gasteiger partial charge < -0.3 is 0 Å². The molecule has 0 saturated heterocycles. The highest BCUT2D eigenvalue weighted by molar-refractivity contribution is 7.78. The lowest BCUT2D eigenvalue weighted by Gasteiger charge is -2.54. The highest BCUT2D eigenvalue weighted by atomic mass is 32.1. The normalized spacial score (nSPS) is 32.9. The van der Waals surface area contributed by atoms with Gasteiger partial charge in [0.1, 0.15) is 0 Å². The van der Waals surface area contributed by atoms with Crippen molar-refractivity contribution in [2.45, 2.75) is 57.3 Å². The average molecular weight is 271 g/mol. The van der Waals surface area contributed by atoms with Gasteiger partial charge in [0.2, 0.25) is 0 Å². The first-order valence-electron chi connectivity index (χ1n) is 7.40. The van der Waals surface area contributed by atoms with E-state index in [4.69, 9.17) is 0 Å². The molecule has 3 saturated carbocycles. The maximum atomic E-state index is 4.65. The predicted molar refractivity (Wildman–Crippen MR) is 83.2 cm³/mol. The van der Waals surface area contributed by atoms with Gasteiger partial charge in [-0.15, -0.1) is 0 Å². The van der Waals surface area contributed by atoms with Gasteiger partial charge in [-0.05, 0) is 79.3 Å². The summed E-state index contributed by atoms with van der Waals surface area (Å²) in [6.07, 6.45) is 9.74. The minimum Gasteiger partial charge on any atom is -0.195 e. The third kappa shape index (κ3) is 2.17. The van der Waals surface area contributed by atoms with Crippen LogP contribution in [0.3, 0.4) is 0 Å². The van der Waals surface area contributed by atoms with Crippen LogP contribution in [0.2, 0.25) is 0 Å². The Hall–Kier alpha value is -0.980. The van der Waals surface area contributed by atoms with E-state index in [0.717, 1.165) is 5.69 Å². The molecule has 1 aromatic carbocycles. The van der Waals surface area contributed by atoms with Gasteiger partial charge in [0.15, 0.2) is 0 Å². The summed E-state index contributed by atoms with van der Waals surface area (Å²) in [6.45, 7) is 2.37. The van der Waals surface area contributed by atoms with Crippen molar-refractivity contribution >= 4 is 23.1 Å². The maximum Gasteiger partial charge on any atom is 0.0739 e. The van der Waals surface area contributed by atoms with Gasteiger partial charge in [0.05, 0.1) is 10.8 Å². The predicted octanol–water partition coefficient (Wildman–Crippen LogP) is 5.42. The van der Waals surface area contributed by atoms with Crippen molar-refractivity contribution in [2.75, 3.05) is 0 Å². The van der Waals surface area contributed by atoms with E-state index >= 15 is 0 Å². The summed E-state index contributed by atoms with van der Waals surface area (Å²) in [6, 6.07) is 8.69. The molecule has 0 spiro atoms. The Balaban J connectivity index is 1.85. The molecular weight excluding hydrogens is 250 g/mol. The molecule has 0 radical (unpaired) electrons. The molecule has 3 fully saturated rings. The zero-order chi connectivity index (χ0) is 13.3. The van der Waals surface area contributed by atoms with E-state index in [9.17, 15) is 0 Å². The van der Waals surface area contributed by atoms with Crippen LogP contribution in [0.4, 0.5) is 5.69 Å². The molecule has 0 aromatic heterocycles. The van der Waals surface area contributed by atoms with Gasteiger partial charge in [-0.2, -0.15) is 4.99 Å². The second-order valence-electron chi connectivity index (χ2n) is 6.38. The summed E-state index contributed by atoms with van der Waals surface area (Å²) < 4.78 is 0. The van der Waals surface area contributed by atoms with Crippen molar-refractivity contribution in [3.63, 3.8) is 0 Å². The molecule has 0 amide bonds. The molecule has 100 valence electrons. The fourth-order valence-electron chi connectivity index (χ4n) is 4.17. The Morgan fingerprint density at radius 3 is 2.11 bits per heavy atom. The third-order valence-electron chi connectivity index (χ3n) is 5.81. The molecule has 1 nitrogen and oxygen atoms in total. The van der Waals surface area contributed by atoms with E-state index < -0.39 is 0 Å². The van der Waals surface area contributed by atoms with Gasteiger partial charge in [-0.3, -0.25) is 0 Å². The van der Waals surface area contributed by atoms with Gasteiger partial charge in [0, 0.05) is 0 Å². The second kappa shape index (κ2) is 4.85. The first kappa shape index (κ1) is 13.0. The van der Waals surface area contributed by atoms with Crippen LogP contribution in [0.15, 0.2) is 29.3 Å². The van der Waals surface area contributed by atoms with Crippen LogP contribution in [-0.2, 0) is 5.41 Å². The number of fused-ring (bicyclic) bond motifs is 3. The van der Waals surface area contributed by atoms with E-state index in [0.29, 0.717) is 10.8 Å². The molecule has 0 atom stereocenters. The van der Waals surface area contributed by atoms with Gasteiger partial charge in [-0.25, -0.2) is 0 Å². The number of thiocarbonyl (C=S) groups is 1. The summed E-state index contributed by atoms with van der Waals surface area (Å²) in [5.41, 5.74) is 3.57. The van der Waals surface area contributed by atoms with Crippen molar-refractivity contribution in [3.8, 4) is 0 Å². The molecular formula is C17H21NS. The largest absolute Gasteiger partial charge is 0.195 e. The van der Waals surface area contributed by atoms with Crippen molar-refractivity contribution in [2.24, 2.45) is 10.4 Å². The number of hydrogen-bond donors (Lipinski definition) is 0. The Morgan fingerprint density at radius 2 is 1.63 bits per heavy atom. The van der Waals surface area contributed by atoms with Crippen LogP contribution < -0.4 is 0 Å². The SMILES string of the molecule is CCC12CCC(c3ccc(N=C=S)cc3)(CC1)CC2. The molecule has 1 aromatic rings. The van der Waals surface area contributed by atoms with E-state index in [1.54, 1.807) is 0 Å². The number of aliphatic imine (C=N–C) groups is 1. The molecule has 19 heavy (non-hydrogen) atoms. The van der Waals surface area contributed by atoms with Crippen LogP contribution in [0.1, 0.15) is 57.4 Å². The highest BCUT2D eigenvalue weighted by Gasteiger charge is 2.48. The summed E-state index contributed by atoms with van der Waals surface area (Å²) in [4.78, 5) is 4.04. The molecule has 0 N–H and O–H groups in total. The van der Waals surface area contributed by atoms with E-state index in [1.807, 2.05) is 0 Å². The summed E-state index contributed by atoms with van der Waals surface area (Å²) in [7, 11) is 0. The number of nitrogens with zero attached hydrogens (tertiary/aromatic N) is 1. The minimum absolute atomic E-state index is 0.455. The standard InChI is InChI=1S/C17H21NS/c1-2-16-7-10-17(11-8-16,12-9-16)14-3-5-15(6-4-14)18-13-19/h3-6H,2,7-12H2,1H3. The van der Waals surface area contributed by atoms with Crippen LogP contribution in [-0.4, -0.2) is 5.16 Å². The van der Waals surface area contributed by atoms with Crippen LogP contribution in [0.5, 0.6) is 0 Å². The quantitative estimate of drug-likeness (QED) is 0.528. The van der Waals surface area contributed by atoms with E-state index in [-0.39, 0.29) is 0 Å². The van der Waals surface area contributed by atoms with E-state index in [1.165, 1.54) is 50.5 Å². The van der Waals surface area contributed by atoms with Crippen LogP contribution >= 0.6 is 12.2 Å². The number of benzene rings is 1. The summed E-state index contributed by atoms with van der Waals surface area (Å²) >= 11 is 4.65. The van der Waals surface area contributed by atoms with Gasteiger partial charge in [0.25, 0.3) is 0 Å². The fraction of sp³-hybridized carbons (Fsp3) is 0.588. The lowest BCUT2D eigenvalue weighted by Crippen LogP contribution is -2.43. The average Bonchev–Trinajstić information content (AvgIpc) is 2.50. The molecule has 0 unspecified atom stereocenters. The first-order valence-corrected chi connectivity index (χ1v) is 7.81. The Bertz CT molecular complexity index is 486. The highest BCUT2D eigenvalue weighted by Crippen LogP contribution is 2.58. The van der Waals surface area contributed by atoms with Crippen LogP contribution in [0, 0.1) is 5.41 Å². The monoisotopic (exact) mass is 271 g/mol. The number of isothiocyanates is 1. The summed E-state index contributed by atoms with van der Waals surface area (Å²) in [5.74, 6) is 0. The third-order valence-corrected chi connectivity index (χ3v) is 5.90. The zero-order valence-electron chi connectivity index (χ0n) is 11.6.